The van der Waals surface area contributed by atoms with Crippen LogP contribution in [0, 0.1) is 0 Å². The second-order valence-corrected chi connectivity index (χ2v) is 7.93. The number of carbonyl (C=O) groups excluding carboxylic acids is 2. The van der Waals surface area contributed by atoms with Crippen LogP contribution in [0.4, 0.5) is 5.82 Å². The van der Waals surface area contributed by atoms with E-state index in [0.717, 1.165) is 5.39 Å². The first-order chi connectivity index (χ1) is 18.4. The number of hydrogen-bond donors (Lipinski definition) is 2. The second-order valence-electron chi connectivity index (χ2n) is 7.93. The van der Waals surface area contributed by atoms with Crippen molar-refractivity contribution in [3.05, 3.63) is 54.6 Å². The summed E-state index contributed by atoms with van der Waals surface area (Å²) in [5.41, 5.74) is 0.773. The fraction of sp³-hybridized carbons (Fsp3) is 0.269. The molecule has 2 amide bonds. The number of amides is 2. The molecule has 0 saturated heterocycles. The molecule has 38 heavy (non-hydrogen) atoms. The maximum Gasteiger partial charge on any atom is 0.281 e. The molecule has 0 bridgehead atoms. The number of aryl methyl sites for hydroxylation is 1. The zero-order chi connectivity index (χ0) is 27.1. The van der Waals surface area contributed by atoms with Gasteiger partial charge in [0, 0.05) is 37.7 Å². The molecule has 4 rings (SSSR count). The van der Waals surface area contributed by atoms with E-state index in [0.29, 0.717) is 53.2 Å². The third-order valence-electron chi connectivity index (χ3n) is 5.50. The standard InChI is InChI=1S/C26H28N6O6/c1-5-37-22-15-32(11-9-24(33)27-2)31-25(22)26(34)30-23-7-6-16(14-29-23)38-19-8-10-28-18-13-21(36-4)20(35-3)12-17(18)19/h6-8,10,12-15H,5,9,11H2,1-4H3,(H,27,33)(H,29,30,34). The van der Waals surface area contributed by atoms with Gasteiger partial charge in [0.1, 0.15) is 17.3 Å². The van der Waals surface area contributed by atoms with Crippen molar-refractivity contribution < 1.29 is 28.5 Å². The molecule has 0 aliphatic heterocycles. The SMILES string of the molecule is CCOc1cn(CCC(=O)NC)nc1C(=O)Nc1ccc(Oc2ccnc3cc(OC)c(OC)cc23)cn1. The number of rotatable bonds is 11. The summed E-state index contributed by atoms with van der Waals surface area (Å²) in [6.45, 7) is 2.47. The molecule has 4 aromatic rings. The number of carbonyl (C=O) groups is 2. The molecular weight excluding hydrogens is 492 g/mol. The van der Waals surface area contributed by atoms with Crippen LogP contribution in [0.15, 0.2) is 48.9 Å². The van der Waals surface area contributed by atoms with Crippen LogP contribution >= 0.6 is 0 Å². The minimum atomic E-state index is -0.491. The number of nitrogens with one attached hydrogen (secondary N) is 2. The number of ether oxygens (including phenoxy) is 4. The van der Waals surface area contributed by atoms with Crippen molar-refractivity contribution in [1.82, 2.24) is 25.1 Å². The fourth-order valence-electron chi connectivity index (χ4n) is 3.63. The molecule has 0 saturated carbocycles. The molecule has 0 aliphatic rings. The Kier molecular flexibility index (Phi) is 8.21. The number of benzene rings is 1. The van der Waals surface area contributed by atoms with Gasteiger partial charge >= 0.3 is 0 Å². The Bertz CT molecular complexity index is 1440. The lowest BCUT2D eigenvalue weighted by Crippen LogP contribution is -2.20. The molecule has 3 heterocycles. The minimum Gasteiger partial charge on any atom is -0.493 e. The van der Waals surface area contributed by atoms with Crippen molar-refractivity contribution in [1.29, 1.82) is 0 Å². The van der Waals surface area contributed by atoms with Crippen LogP contribution in [0.3, 0.4) is 0 Å². The molecule has 0 unspecified atom stereocenters. The summed E-state index contributed by atoms with van der Waals surface area (Å²) < 4.78 is 23.8. The molecule has 12 nitrogen and oxygen atoms in total. The maximum absolute atomic E-state index is 12.9. The van der Waals surface area contributed by atoms with Gasteiger partial charge in [-0.25, -0.2) is 4.98 Å². The van der Waals surface area contributed by atoms with Crippen molar-refractivity contribution in [2.75, 3.05) is 33.2 Å². The Morgan fingerprint density at radius 3 is 2.47 bits per heavy atom. The lowest BCUT2D eigenvalue weighted by Gasteiger charge is -2.12. The highest BCUT2D eigenvalue weighted by Crippen LogP contribution is 2.36. The third-order valence-corrected chi connectivity index (χ3v) is 5.50. The van der Waals surface area contributed by atoms with Gasteiger partial charge in [0.2, 0.25) is 5.91 Å². The normalized spacial score (nSPS) is 10.6. The number of methoxy groups -OCH3 is 2. The van der Waals surface area contributed by atoms with Gasteiger partial charge in [-0.2, -0.15) is 5.10 Å². The van der Waals surface area contributed by atoms with E-state index in [-0.39, 0.29) is 18.0 Å². The van der Waals surface area contributed by atoms with Crippen LogP contribution in [-0.4, -0.2) is 59.4 Å². The topological polar surface area (TPSA) is 139 Å². The maximum atomic E-state index is 12.9. The van der Waals surface area contributed by atoms with Crippen molar-refractivity contribution in [2.45, 2.75) is 19.9 Å². The Morgan fingerprint density at radius 2 is 1.79 bits per heavy atom. The third kappa shape index (κ3) is 5.91. The summed E-state index contributed by atoms with van der Waals surface area (Å²) in [5.74, 6) is 2.13. The number of aromatic nitrogens is 4. The highest BCUT2D eigenvalue weighted by molar-refractivity contribution is 6.04. The molecule has 12 heteroatoms. The highest BCUT2D eigenvalue weighted by Gasteiger charge is 2.19. The molecular formula is C26H28N6O6. The first-order valence-corrected chi connectivity index (χ1v) is 11.8. The van der Waals surface area contributed by atoms with Crippen LogP contribution in [0.2, 0.25) is 0 Å². The Hall–Kier alpha value is -4.87. The fourth-order valence-corrected chi connectivity index (χ4v) is 3.63. The van der Waals surface area contributed by atoms with Crippen LogP contribution < -0.4 is 29.6 Å². The van der Waals surface area contributed by atoms with E-state index in [4.69, 9.17) is 18.9 Å². The number of pyridine rings is 2. The first kappa shape index (κ1) is 26.2. The van der Waals surface area contributed by atoms with Crippen LogP contribution in [0.1, 0.15) is 23.8 Å². The molecule has 0 radical (unpaired) electrons. The highest BCUT2D eigenvalue weighted by atomic mass is 16.5. The number of hydrogen-bond acceptors (Lipinski definition) is 9. The van der Waals surface area contributed by atoms with E-state index in [1.54, 1.807) is 64.0 Å². The predicted molar refractivity (Wildman–Crippen MR) is 139 cm³/mol. The van der Waals surface area contributed by atoms with Gasteiger partial charge in [-0.05, 0) is 31.2 Å². The van der Waals surface area contributed by atoms with Gasteiger partial charge in [0.25, 0.3) is 5.91 Å². The smallest absolute Gasteiger partial charge is 0.281 e. The molecule has 0 atom stereocenters. The molecule has 3 aromatic heterocycles. The Labute approximate surface area is 218 Å². The average molecular weight is 521 g/mol. The van der Waals surface area contributed by atoms with Crippen molar-refractivity contribution in [3.8, 4) is 28.7 Å². The van der Waals surface area contributed by atoms with Gasteiger partial charge in [-0.15, -0.1) is 0 Å². The van der Waals surface area contributed by atoms with Gasteiger partial charge in [-0.1, -0.05) is 0 Å². The summed E-state index contributed by atoms with van der Waals surface area (Å²) >= 11 is 0. The zero-order valence-electron chi connectivity index (χ0n) is 21.5. The van der Waals surface area contributed by atoms with E-state index >= 15 is 0 Å². The molecule has 0 fully saturated rings. The zero-order valence-corrected chi connectivity index (χ0v) is 21.5. The van der Waals surface area contributed by atoms with E-state index in [1.165, 1.54) is 10.9 Å². The molecule has 0 spiro atoms. The first-order valence-electron chi connectivity index (χ1n) is 11.8. The monoisotopic (exact) mass is 520 g/mol. The molecule has 1 aromatic carbocycles. The van der Waals surface area contributed by atoms with Crippen molar-refractivity contribution in [3.63, 3.8) is 0 Å². The lowest BCUT2D eigenvalue weighted by molar-refractivity contribution is -0.120. The Morgan fingerprint density at radius 1 is 1.00 bits per heavy atom. The molecule has 2 N–H and O–H groups in total. The summed E-state index contributed by atoms with van der Waals surface area (Å²) in [5, 5.41) is 10.3. The van der Waals surface area contributed by atoms with Crippen molar-refractivity contribution in [2.24, 2.45) is 0 Å². The summed E-state index contributed by atoms with van der Waals surface area (Å²) in [7, 11) is 4.68. The van der Waals surface area contributed by atoms with Crippen molar-refractivity contribution >= 4 is 28.5 Å². The largest absolute Gasteiger partial charge is 0.493 e. The average Bonchev–Trinajstić information content (AvgIpc) is 3.35. The van der Waals surface area contributed by atoms with Crippen LogP contribution in [-0.2, 0) is 11.3 Å². The van der Waals surface area contributed by atoms with Crippen LogP contribution in [0.5, 0.6) is 28.7 Å². The Balaban J connectivity index is 1.48. The predicted octanol–water partition coefficient (Wildman–Crippen LogP) is 3.42. The molecule has 0 aliphatic carbocycles. The number of anilines is 1. The quantitative estimate of drug-likeness (QED) is 0.304. The van der Waals surface area contributed by atoms with Gasteiger partial charge in [0.05, 0.1) is 38.7 Å². The van der Waals surface area contributed by atoms with Gasteiger partial charge < -0.3 is 29.6 Å². The lowest BCUT2D eigenvalue weighted by atomic mass is 10.2. The van der Waals surface area contributed by atoms with E-state index in [9.17, 15) is 9.59 Å². The summed E-state index contributed by atoms with van der Waals surface area (Å²) in [6.07, 6.45) is 4.94. The number of fused-ring (bicyclic) bond motifs is 1. The minimum absolute atomic E-state index is 0.0958. The van der Waals surface area contributed by atoms with Crippen LogP contribution in [0.25, 0.3) is 10.9 Å². The van der Waals surface area contributed by atoms with E-state index in [1.807, 2.05) is 6.92 Å². The van der Waals surface area contributed by atoms with Gasteiger partial charge in [0.15, 0.2) is 22.9 Å². The summed E-state index contributed by atoms with van der Waals surface area (Å²) in [6, 6.07) is 8.60. The number of nitrogens with zero attached hydrogens (tertiary/aromatic N) is 4. The van der Waals surface area contributed by atoms with E-state index in [2.05, 4.69) is 25.7 Å². The van der Waals surface area contributed by atoms with E-state index < -0.39 is 5.91 Å². The molecule has 198 valence electrons. The second kappa shape index (κ2) is 11.9. The van der Waals surface area contributed by atoms with Gasteiger partial charge in [-0.3, -0.25) is 19.3 Å². The summed E-state index contributed by atoms with van der Waals surface area (Å²) in [4.78, 5) is 33.1.